The van der Waals surface area contributed by atoms with E-state index in [4.69, 9.17) is 10.5 Å². The molecule has 1 aromatic heterocycles. The minimum Gasteiger partial charge on any atom is -0.485 e. The van der Waals surface area contributed by atoms with E-state index in [1.165, 1.54) is 0 Å². The number of benzene rings is 1. The Morgan fingerprint density at radius 3 is 2.62 bits per heavy atom. The Labute approximate surface area is 141 Å². The maximum atomic E-state index is 12.5. The molecule has 0 saturated heterocycles. The summed E-state index contributed by atoms with van der Waals surface area (Å²) in [5, 5.41) is 7.26. The maximum Gasteiger partial charge on any atom is 0.221 e. The van der Waals surface area contributed by atoms with Crippen LogP contribution in [-0.2, 0) is 4.79 Å². The van der Waals surface area contributed by atoms with Crippen molar-refractivity contribution in [1.29, 1.82) is 0 Å². The van der Waals surface area contributed by atoms with Crippen molar-refractivity contribution in [3.63, 3.8) is 0 Å². The van der Waals surface area contributed by atoms with Gasteiger partial charge < -0.3 is 10.5 Å². The molecule has 126 valence electrons. The summed E-state index contributed by atoms with van der Waals surface area (Å²) < 4.78 is 6.28. The smallest absolute Gasteiger partial charge is 0.221 e. The number of nitrogens with zero attached hydrogens (tertiary/aromatic N) is 1. The first-order chi connectivity index (χ1) is 11.6. The van der Waals surface area contributed by atoms with Gasteiger partial charge in [-0.25, -0.2) is 0 Å². The molecule has 24 heavy (non-hydrogen) atoms. The molecule has 4 atom stereocenters. The Kier molecular flexibility index (Phi) is 3.41. The van der Waals surface area contributed by atoms with Gasteiger partial charge in [-0.2, -0.15) is 5.10 Å². The third-order valence-electron chi connectivity index (χ3n) is 6.29. The number of H-pyrrole nitrogens is 1. The van der Waals surface area contributed by atoms with Crippen molar-refractivity contribution in [3.8, 4) is 5.75 Å². The second kappa shape index (κ2) is 5.36. The van der Waals surface area contributed by atoms with Gasteiger partial charge in [-0.3, -0.25) is 9.89 Å². The highest BCUT2D eigenvalue weighted by atomic mass is 16.5. The Morgan fingerprint density at radius 2 is 2.00 bits per heavy atom. The van der Waals surface area contributed by atoms with Gasteiger partial charge in [-0.15, -0.1) is 0 Å². The molecule has 0 spiro atoms. The molecule has 5 heteroatoms. The van der Waals surface area contributed by atoms with E-state index in [0.717, 1.165) is 29.8 Å². The van der Waals surface area contributed by atoms with E-state index in [2.05, 4.69) is 36.2 Å². The normalized spacial score (nSPS) is 29.8. The van der Waals surface area contributed by atoms with Crippen LogP contribution in [0.25, 0.3) is 0 Å². The summed E-state index contributed by atoms with van der Waals surface area (Å²) in [5.74, 6) is 0.426. The van der Waals surface area contributed by atoms with Crippen LogP contribution in [-0.4, -0.2) is 22.2 Å². The van der Waals surface area contributed by atoms with Crippen LogP contribution >= 0.6 is 0 Å². The Bertz CT molecular complexity index is 751. The number of hydrogen-bond acceptors (Lipinski definition) is 3. The molecule has 1 amide bonds. The van der Waals surface area contributed by atoms with Crippen molar-refractivity contribution in [2.75, 3.05) is 0 Å². The topological polar surface area (TPSA) is 81.0 Å². The maximum absolute atomic E-state index is 12.5. The molecule has 4 unspecified atom stereocenters. The molecule has 2 heterocycles. The molecule has 5 nitrogen and oxygen atoms in total. The number of aromatic nitrogens is 2. The number of fused-ring (bicyclic) bond motifs is 3. The van der Waals surface area contributed by atoms with Crippen LogP contribution in [0.2, 0.25) is 0 Å². The Morgan fingerprint density at radius 1 is 1.29 bits per heavy atom. The average molecular weight is 325 g/mol. The molecule has 2 aromatic rings. The molecule has 1 aromatic carbocycles. The van der Waals surface area contributed by atoms with Crippen molar-refractivity contribution in [2.45, 2.75) is 44.6 Å². The molecule has 4 rings (SSSR count). The number of aromatic amines is 1. The van der Waals surface area contributed by atoms with Crippen molar-refractivity contribution < 1.29 is 9.53 Å². The molecule has 0 bridgehead atoms. The lowest BCUT2D eigenvalue weighted by atomic mass is 9.65. The van der Waals surface area contributed by atoms with Gasteiger partial charge >= 0.3 is 0 Å². The molecule has 0 radical (unpaired) electrons. The number of rotatable bonds is 4. The second-order valence-electron chi connectivity index (χ2n) is 6.96. The number of amides is 1. The van der Waals surface area contributed by atoms with E-state index in [1.54, 1.807) is 6.20 Å². The minimum atomic E-state index is -0.249. The molecule has 2 aliphatic rings. The van der Waals surface area contributed by atoms with Crippen molar-refractivity contribution in [1.82, 2.24) is 10.2 Å². The number of hydrogen-bond donors (Lipinski definition) is 2. The lowest BCUT2D eigenvalue weighted by Crippen LogP contribution is -2.40. The lowest BCUT2D eigenvalue weighted by Gasteiger charge is -2.37. The van der Waals surface area contributed by atoms with Crippen molar-refractivity contribution in [2.24, 2.45) is 17.1 Å². The monoisotopic (exact) mass is 325 g/mol. The summed E-state index contributed by atoms with van der Waals surface area (Å²) in [4.78, 5) is 12.5. The summed E-state index contributed by atoms with van der Waals surface area (Å²) in [7, 11) is 0. The van der Waals surface area contributed by atoms with Crippen molar-refractivity contribution in [3.05, 3.63) is 47.8 Å². The number of carbonyl (C=O) groups excluding carboxylic acids is 1. The van der Waals surface area contributed by atoms with Crippen molar-refractivity contribution >= 4 is 5.91 Å². The Hall–Kier alpha value is -2.30. The van der Waals surface area contributed by atoms with E-state index < -0.39 is 0 Å². The third kappa shape index (κ3) is 1.81. The molecule has 1 saturated carbocycles. The third-order valence-corrected chi connectivity index (χ3v) is 6.29. The van der Waals surface area contributed by atoms with Gasteiger partial charge in [0.25, 0.3) is 0 Å². The Balaban J connectivity index is 1.92. The van der Waals surface area contributed by atoms with E-state index in [1.807, 2.05) is 18.2 Å². The van der Waals surface area contributed by atoms with Gasteiger partial charge in [0.2, 0.25) is 5.91 Å². The lowest BCUT2D eigenvalue weighted by molar-refractivity contribution is -0.126. The van der Waals surface area contributed by atoms with Gasteiger partial charge in [0.1, 0.15) is 6.10 Å². The predicted octanol–water partition coefficient (Wildman–Crippen LogP) is 2.96. The number of nitrogens with one attached hydrogen (secondary N) is 1. The zero-order valence-corrected chi connectivity index (χ0v) is 14.0. The molecule has 1 fully saturated rings. The average Bonchev–Trinajstić information content (AvgIpc) is 3.24. The zero-order chi connectivity index (χ0) is 16.9. The van der Waals surface area contributed by atoms with Crippen LogP contribution in [0.4, 0.5) is 0 Å². The highest BCUT2D eigenvalue weighted by Crippen LogP contribution is 2.66. The number of carbonyl (C=O) groups is 1. The summed E-state index contributed by atoms with van der Waals surface area (Å²) in [6, 6.07) is 10.2. The summed E-state index contributed by atoms with van der Waals surface area (Å²) in [5.41, 5.74) is 7.86. The summed E-state index contributed by atoms with van der Waals surface area (Å²) in [6.07, 6.45) is 3.42. The van der Waals surface area contributed by atoms with Gasteiger partial charge in [0.05, 0.1) is 17.8 Å². The van der Waals surface area contributed by atoms with Gasteiger partial charge in [-0.1, -0.05) is 44.2 Å². The zero-order valence-electron chi connectivity index (χ0n) is 14.0. The SMILES string of the molecule is CCC1(CC)C(C(N)=O)C(c2ccccc2)C2Oc3cn[nH]c3C21. The standard InChI is InChI=1S/C19H23N3O2/c1-3-19(4-2)14(18(20)23)13(11-8-6-5-7-9-11)17-15(19)16-12(24-17)10-21-22-16/h5-10,13-15,17H,3-4H2,1-2H3,(H2,20,23)(H,21,22). The van der Waals surface area contributed by atoms with Crippen LogP contribution < -0.4 is 10.5 Å². The van der Waals surface area contributed by atoms with Crippen LogP contribution in [0.5, 0.6) is 5.75 Å². The molecule has 3 N–H and O–H groups in total. The number of ether oxygens (including phenoxy) is 1. The summed E-state index contributed by atoms with van der Waals surface area (Å²) >= 11 is 0. The van der Waals surface area contributed by atoms with Crippen LogP contribution in [0.15, 0.2) is 36.5 Å². The van der Waals surface area contributed by atoms with E-state index >= 15 is 0 Å². The van der Waals surface area contributed by atoms with E-state index in [9.17, 15) is 4.79 Å². The van der Waals surface area contributed by atoms with E-state index in [-0.39, 0.29) is 35.2 Å². The minimum absolute atomic E-state index is 0.0330. The molecule has 1 aliphatic heterocycles. The molecular weight excluding hydrogens is 302 g/mol. The van der Waals surface area contributed by atoms with Gasteiger partial charge in [0.15, 0.2) is 5.75 Å². The quantitative estimate of drug-likeness (QED) is 0.907. The van der Waals surface area contributed by atoms with Crippen LogP contribution in [0.3, 0.4) is 0 Å². The first kappa shape index (κ1) is 15.2. The molecular formula is C19H23N3O2. The highest BCUT2D eigenvalue weighted by Gasteiger charge is 2.65. The predicted molar refractivity (Wildman–Crippen MR) is 90.6 cm³/mol. The van der Waals surface area contributed by atoms with Crippen LogP contribution in [0.1, 0.15) is 49.8 Å². The van der Waals surface area contributed by atoms with E-state index in [0.29, 0.717) is 0 Å². The number of nitrogens with two attached hydrogens (primary N) is 1. The second-order valence-corrected chi connectivity index (χ2v) is 6.96. The first-order valence-corrected chi connectivity index (χ1v) is 8.68. The highest BCUT2D eigenvalue weighted by molar-refractivity contribution is 5.80. The number of primary amides is 1. The largest absolute Gasteiger partial charge is 0.485 e. The fourth-order valence-corrected chi connectivity index (χ4v) is 5.26. The molecule has 1 aliphatic carbocycles. The first-order valence-electron chi connectivity index (χ1n) is 8.68. The van der Waals surface area contributed by atoms with Gasteiger partial charge in [-0.05, 0) is 23.8 Å². The fraction of sp³-hybridized carbons (Fsp3) is 0.474. The van der Waals surface area contributed by atoms with Gasteiger partial charge in [0, 0.05) is 11.8 Å². The summed E-state index contributed by atoms with van der Waals surface area (Å²) in [6.45, 7) is 4.30. The van der Waals surface area contributed by atoms with Crippen LogP contribution in [0, 0.1) is 11.3 Å². The fourth-order valence-electron chi connectivity index (χ4n) is 5.26.